The maximum absolute atomic E-state index is 4.40. The second-order valence-corrected chi connectivity index (χ2v) is 7.49. The Morgan fingerprint density at radius 2 is 2.18 bits per heavy atom. The van der Waals surface area contributed by atoms with E-state index >= 15 is 0 Å². The fourth-order valence-electron chi connectivity index (χ4n) is 2.00. The first-order chi connectivity index (χ1) is 7.94. The number of nitrogens with one attached hydrogen (secondary N) is 1. The van der Waals surface area contributed by atoms with Crippen molar-refractivity contribution in [1.29, 1.82) is 0 Å². The summed E-state index contributed by atoms with van der Waals surface area (Å²) < 4.78 is 0.341. The molecule has 4 heteroatoms. The fraction of sp³-hybridized carbons (Fsp3) is 0.923. The lowest BCUT2D eigenvalue weighted by Gasteiger charge is -2.39. The molecule has 17 heavy (non-hydrogen) atoms. The minimum atomic E-state index is 0.341. The van der Waals surface area contributed by atoms with Gasteiger partial charge in [0.15, 0.2) is 5.96 Å². The number of hydrogen-bond donors (Lipinski definition) is 1. The fourth-order valence-corrected chi connectivity index (χ4v) is 3.11. The Kier molecular flexibility index (Phi) is 5.63. The summed E-state index contributed by atoms with van der Waals surface area (Å²) in [7, 11) is 1.88. The van der Waals surface area contributed by atoms with E-state index in [-0.39, 0.29) is 0 Å². The molecular weight excluding hydrogens is 230 g/mol. The average molecular weight is 257 g/mol. The van der Waals surface area contributed by atoms with E-state index in [1.807, 2.05) is 7.05 Å². The zero-order valence-corrected chi connectivity index (χ0v) is 12.7. The highest BCUT2D eigenvalue weighted by molar-refractivity contribution is 8.00. The Balaban J connectivity index is 2.45. The molecule has 3 nitrogen and oxygen atoms in total. The molecule has 0 atom stereocenters. The molecule has 100 valence electrons. The van der Waals surface area contributed by atoms with Crippen LogP contribution >= 0.6 is 11.8 Å². The molecule has 1 N–H and O–H groups in total. The molecule has 1 aliphatic heterocycles. The summed E-state index contributed by atoms with van der Waals surface area (Å²) in [6, 6.07) is 0. The lowest BCUT2D eigenvalue weighted by Crippen LogP contribution is -2.51. The highest BCUT2D eigenvalue weighted by Crippen LogP contribution is 2.29. The first-order valence-electron chi connectivity index (χ1n) is 6.54. The van der Waals surface area contributed by atoms with Crippen LogP contribution in [0.4, 0.5) is 0 Å². The molecule has 1 heterocycles. The Labute approximate surface area is 110 Å². The summed E-state index contributed by atoms with van der Waals surface area (Å²) in [6.07, 6.45) is 1.20. The number of hydrogen-bond acceptors (Lipinski definition) is 2. The van der Waals surface area contributed by atoms with Crippen molar-refractivity contribution < 1.29 is 0 Å². The molecule has 1 fully saturated rings. The molecule has 0 aromatic rings. The molecule has 0 bridgehead atoms. The van der Waals surface area contributed by atoms with Gasteiger partial charge in [0.2, 0.25) is 0 Å². The van der Waals surface area contributed by atoms with E-state index in [2.05, 4.69) is 54.7 Å². The summed E-state index contributed by atoms with van der Waals surface area (Å²) in [5, 5.41) is 3.47. The molecule has 0 aromatic carbocycles. The van der Waals surface area contributed by atoms with Crippen LogP contribution in [0.3, 0.4) is 0 Å². The van der Waals surface area contributed by atoms with Gasteiger partial charge in [0.05, 0.1) is 0 Å². The van der Waals surface area contributed by atoms with Crippen molar-refractivity contribution in [3.8, 4) is 0 Å². The Bertz CT molecular complexity index is 261. The lowest BCUT2D eigenvalue weighted by molar-refractivity contribution is 0.374. The Morgan fingerprint density at radius 3 is 2.71 bits per heavy atom. The summed E-state index contributed by atoms with van der Waals surface area (Å²) in [5.41, 5.74) is 0. The van der Waals surface area contributed by atoms with Crippen LogP contribution < -0.4 is 5.32 Å². The molecule has 0 spiro atoms. The Hall–Kier alpha value is -0.380. The minimum absolute atomic E-state index is 0.341. The maximum atomic E-state index is 4.40. The zero-order chi connectivity index (χ0) is 12.9. The maximum Gasteiger partial charge on any atom is 0.193 e. The topological polar surface area (TPSA) is 27.6 Å². The van der Waals surface area contributed by atoms with Crippen LogP contribution in [0, 0.1) is 5.92 Å². The van der Waals surface area contributed by atoms with Gasteiger partial charge in [-0.3, -0.25) is 4.99 Å². The first kappa shape index (κ1) is 14.7. The van der Waals surface area contributed by atoms with Crippen LogP contribution in [0.2, 0.25) is 0 Å². The van der Waals surface area contributed by atoms with Crippen molar-refractivity contribution in [1.82, 2.24) is 10.2 Å². The van der Waals surface area contributed by atoms with Gasteiger partial charge < -0.3 is 10.2 Å². The molecule has 1 aliphatic rings. The van der Waals surface area contributed by atoms with Gasteiger partial charge in [-0.25, -0.2) is 0 Å². The monoisotopic (exact) mass is 257 g/mol. The van der Waals surface area contributed by atoms with E-state index in [0.717, 1.165) is 31.5 Å². The largest absolute Gasteiger partial charge is 0.356 e. The van der Waals surface area contributed by atoms with Crippen LogP contribution in [-0.2, 0) is 0 Å². The third-order valence-electron chi connectivity index (χ3n) is 2.94. The van der Waals surface area contributed by atoms with Crippen molar-refractivity contribution in [3.05, 3.63) is 0 Å². The molecule has 1 saturated heterocycles. The third-order valence-corrected chi connectivity index (χ3v) is 4.24. The number of nitrogens with zero attached hydrogens (tertiary/aromatic N) is 2. The van der Waals surface area contributed by atoms with Crippen molar-refractivity contribution in [2.24, 2.45) is 10.9 Å². The molecule has 0 radical (unpaired) electrons. The summed E-state index contributed by atoms with van der Waals surface area (Å²) >= 11 is 2.06. The molecule has 0 aromatic heterocycles. The number of rotatable bonds is 3. The van der Waals surface area contributed by atoms with E-state index in [1.54, 1.807) is 0 Å². The van der Waals surface area contributed by atoms with Gasteiger partial charge in [-0.15, -0.1) is 0 Å². The normalized spacial score (nSPS) is 20.8. The van der Waals surface area contributed by atoms with Crippen molar-refractivity contribution in [2.75, 3.05) is 32.4 Å². The third kappa shape index (κ3) is 5.19. The van der Waals surface area contributed by atoms with Crippen LogP contribution in [0.15, 0.2) is 4.99 Å². The summed E-state index contributed by atoms with van der Waals surface area (Å²) in [4.78, 5) is 6.78. The molecular formula is C13H27N3S. The van der Waals surface area contributed by atoms with Gasteiger partial charge in [-0.2, -0.15) is 11.8 Å². The molecule has 0 saturated carbocycles. The highest BCUT2D eigenvalue weighted by atomic mass is 32.2. The van der Waals surface area contributed by atoms with Crippen LogP contribution in [-0.4, -0.2) is 48.0 Å². The molecule has 1 rings (SSSR count). The van der Waals surface area contributed by atoms with E-state index in [0.29, 0.717) is 4.75 Å². The average Bonchev–Trinajstić information content (AvgIpc) is 2.22. The van der Waals surface area contributed by atoms with Crippen LogP contribution in [0.5, 0.6) is 0 Å². The van der Waals surface area contributed by atoms with E-state index < -0.39 is 0 Å². The quantitative estimate of drug-likeness (QED) is 0.621. The standard InChI is InChI=1S/C13H27N3S/c1-11(2)6-7-15-12(14-5)16-8-9-17-13(3,4)10-16/h11H,6-10H2,1-5H3,(H,14,15). The van der Waals surface area contributed by atoms with E-state index in [4.69, 9.17) is 0 Å². The highest BCUT2D eigenvalue weighted by Gasteiger charge is 2.28. The summed E-state index contributed by atoms with van der Waals surface area (Å²) in [6.45, 7) is 12.3. The van der Waals surface area contributed by atoms with Crippen molar-refractivity contribution >= 4 is 17.7 Å². The SMILES string of the molecule is CN=C(NCCC(C)C)N1CCSC(C)(C)C1. The Morgan fingerprint density at radius 1 is 1.47 bits per heavy atom. The van der Waals surface area contributed by atoms with Gasteiger partial charge >= 0.3 is 0 Å². The van der Waals surface area contributed by atoms with Crippen LogP contribution in [0.25, 0.3) is 0 Å². The number of aliphatic imine (C=N–C) groups is 1. The van der Waals surface area contributed by atoms with E-state index in [9.17, 15) is 0 Å². The lowest BCUT2D eigenvalue weighted by atomic mass is 10.1. The predicted octanol–water partition coefficient (Wildman–Crippen LogP) is 2.44. The van der Waals surface area contributed by atoms with Gasteiger partial charge in [-0.1, -0.05) is 13.8 Å². The molecule has 0 aliphatic carbocycles. The van der Waals surface area contributed by atoms with Gasteiger partial charge in [-0.05, 0) is 26.2 Å². The van der Waals surface area contributed by atoms with E-state index in [1.165, 1.54) is 12.2 Å². The number of guanidine groups is 1. The predicted molar refractivity (Wildman–Crippen MR) is 78.9 cm³/mol. The van der Waals surface area contributed by atoms with Gasteiger partial charge in [0.1, 0.15) is 0 Å². The molecule has 0 amide bonds. The second kappa shape index (κ2) is 6.53. The minimum Gasteiger partial charge on any atom is -0.356 e. The van der Waals surface area contributed by atoms with Crippen LogP contribution in [0.1, 0.15) is 34.1 Å². The second-order valence-electron chi connectivity index (χ2n) is 5.69. The first-order valence-corrected chi connectivity index (χ1v) is 7.53. The van der Waals surface area contributed by atoms with Gasteiger partial charge in [0.25, 0.3) is 0 Å². The van der Waals surface area contributed by atoms with Crippen molar-refractivity contribution in [2.45, 2.75) is 38.9 Å². The zero-order valence-electron chi connectivity index (χ0n) is 11.9. The smallest absolute Gasteiger partial charge is 0.193 e. The van der Waals surface area contributed by atoms with Crippen molar-refractivity contribution in [3.63, 3.8) is 0 Å². The summed E-state index contributed by atoms with van der Waals surface area (Å²) in [5.74, 6) is 3.01. The number of thioether (sulfide) groups is 1. The van der Waals surface area contributed by atoms with Gasteiger partial charge in [0, 0.05) is 37.2 Å². The molecule has 0 unspecified atom stereocenters.